The maximum Gasteiger partial charge on any atom is 0.332 e. The molecule has 1 heterocycles. The largest absolute Gasteiger partial charge is 0.479 e. The van der Waals surface area contributed by atoms with Crippen molar-refractivity contribution in [3.05, 3.63) is 35.9 Å². The zero-order chi connectivity index (χ0) is 16.4. The number of benzene rings is 1. The number of aliphatic carboxylic acids is 1. The molecule has 1 aliphatic carbocycles. The minimum Gasteiger partial charge on any atom is -0.479 e. The highest BCUT2D eigenvalue weighted by atomic mass is 16.4. The van der Waals surface area contributed by atoms with E-state index in [9.17, 15) is 4.79 Å². The van der Waals surface area contributed by atoms with Gasteiger partial charge in [-0.3, -0.25) is 4.90 Å². The fraction of sp³-hybridized carbons (Fsp3) is 0.588. The number of aliphatic hydroxyl groups is 1. The fourth-order valence-corrected chi connectivity index (χ4v) is 3.13. The van der Waals surface area contributed by atoms with Crippen LogP contribution in [0.1, 0.15) is 32.3 Å². The summed E-state index contributed by atoms with van der Waals surface area (Å²) in [5, 5.41) is 15.8. The van der Waals surface area contributed by atoms with Crippen LogP contribution < -0.4 is 5.73 Å². The van der Waals surface area contributed by atoms with Gasteiger partial charge in [0, 0.05) is 30.6 Å². The molecule has 0 bridgehead atoms. The minimum atomic E-state index is -1.23. The van der Waals surface area contributed by atoms with Crippen LogP contribution in [0.5, 0.6) is 0 Å². The molecule has 5 heteroatoms. The van der Waals surface area contributed by atoms with Gasteiger partial charge in [0.25, 0.3) is 0 Å². The molecule has 122 valence electrons. The van der Waals surface area contributed by atoms with Crippen LogP contribution in [-0.4, -0.2) is 45.8 Å². The molecule has 1 aromatic carbocycles. The number of likely N-dealkylation sites (tertiary alicyclic amines) is 1. The number of aliphatic hydroxyl groups excluding tert-OH is 1. The Balaban J connectivity index is 0.000000254. The second kappa shape index (κ2) is 6.36. The molecule has 1 aromatic rings. The van der Waals surface area contributed by atoms with Gasteiger partial charge in [-0.25, -0.2) is 4.79 Å². The molecule has 2 fully saturated rings. The second-order valence-electron chi connectivity index (χ2n) is 6.84. The molecule has 1 saturated heterocycles. The summed E-state index contributed by atoms with van der Waals surface area (Å²) in [5.41, 5.74) is 8.30. The molecule has 0 amide bonds. The fourth-order valence-electron chi connectivity index (χ4n) is 3.13. The molecule has 5 nitrogen and oxygen atoms in total. The van der Waals surface area contributed by atoms with E-state index in [1.165, 1.54) is 31.9 Å². The van der Waals surface area contributed by atoms with Crippen LogP contribution in [0.4, 0.5) is 0 Å². The molecular formula is C17H26N2O3. The first-order valence-corrected chi connectivity index (χ1v) is 7.72. The van der Waals surface area contributed by atoms with Gasteiger partial charge in [-0.1, -0.05) is 30.3 Å². The smallest absolute Gasteiger partial charge is 0.332 e. The molecular weight excluding hydrogens is 280 g/mol. The lowest BCUT2D eigenvalue weighted by Gasteiger charge is -2.25. The topological polar surface area (TPSA) is 86.8 Å². The van der Waals surface area contributed by atoms with Gasteiger partial charge in [-0.2, -0.15) is 0 Å². The zero-order valence-corrected chi connectivity index (χ0v) is 13.3. The van der Waals surface area contributed by atoms with Crippen LogP contribution in [0, 0.1) is 5.41 Å². The average Bonchev–Trinajstić information content (AvgIpc) is 3.16. The summed E-state index contributed by atoms with van der Waals surface area (Å²) < 4.78 is 0. The Morgan fingerprint density at radius 3 is 2.27 bits per heavy atom. The maximum absolute atomic E-state index is 9.45. The van der Waals surface area contributed by atoms with Crippen LogP contribution in [0.3, 0.4) is 0 Å². The van der Waals surface area contributed by atoms with Gasteiger partial charge in [0.2, 0.25) is 0 Å². The lowest BCUT2D eigenvalue weighted by Crippen LogP contribution is -2.45. The van der Waals surface area contributed by atoms with Crippen LogP contribution in [-0.2, 0) is 11.3 Å². The van der Waals surface area contributed by atoms with Crippen molar-refractivity contribution in [1.82, 2.24) is 4.90 Å². The molecule has 4 N–H and O–H groups in total. The SMILES string of the molecule is C[C@H](O)C(=O)O.C[C@]1(N)CN(Cc2ccccc2)CC12CC2. The quantitative estimate of drug-likeness (QED) is 0.787. The Kier molecular flexibility index (Phi) is 4.90. The standard InChI is InChI=1S/C14H20N2.C3H6O3/c1-13(15)10-16(11-14(13)7-8-14)9-12-5-3-2-4-6-12;1-2(4)3(5)6/h2-6H,7-11,15H2,1H3;2,4H,1H3,(H,5,6)/t13-;2-/m00/s1. The Labute approximate surface area is 131 Å². The summed E-state index contributed by atoms with van der Waals surface area (Å²) in [6, 6.07) is 10.7. The van der Waals surface area contributed by atoms with Gasteiger partial charge >= 0.3 is 5.97 Å². The van der Waals surface area contributed by atoms with Gasteiger partial charge in [0.05, 0.1) is 0 Å². The summed E-state index contributed by atoms with van der Waals surface area (Å²) in [4.78, 5) is 12.0. The molecule has 0 radical (unpaired) electrons. The predicted molar refractivity (Wildman–Crippen MR) is 85.3 cm³/mol. The highest BCUT2D eigenvalue weighted by Gasteiger charge is 2.59. The van der Waals surface area contributed by atoms with E-state index in [4.69, 9.17) is 15.9 Å². The maximum atomic E-state index is 9.45. The first-order chi connectivity index (χ1) is 10.3. The highest BCUT2D eigenvalue weighted by Crippen LogP contribution is 2.57. The van der Waals surface area contributed by atoms with Crippen molar-refractivity contribution < 1.29 is 15.0 Å². The van der Waals surface area contributed by atoms with Crippen molar-refractivity contribution in [3.8, 4) is 0 Å². The Morgan fingerprint density at radius 2 is 1.86 bits per heavy atom. The molecule has 1 aliphatic heterocycles. The van der Waals surface area contributed by atoms with Crippen LogP contribution >= 0.6 is 0 Å². The Morgan fingerprint density at radius 1 is 1.32 bits per heavy atom. The number of nitrogens with two attached hydrogens (primary N) is 1. The third kappa shape index (κ3) is 3.85. The number of carbonyl (C=O) groups is 1. The van der Waals surface area contributed by atoms with E-state index in [0.717, 1.165) is 13.1 Å². The van der Waals surface area contributed by atoms with Crippen molar-refractivity contribution in [3.63, 3.8) is 0 Å². The predicted octanol–water partition coefficient (Wildman–Crippen LogP) is 1.45. The zero-order valence-electron chi connectivity index (χ0n) is 13.3. The monoisotopic (exact) mass is 306 g/mol. The van der Waals surface area contributed by atoms with E-state index >= 15 is 0 Å². The van der Waals surface area contributed by atoms with E-state index in [0.29, 0.717) is 5.41 Å². The normalized spacial score (nSPS) is 27.1. The van der Waals surface area contributed by atoms with Crippen LogP contribution in [0.2, 0.25) is 0 Å². The van der Waals surface area contributed by atoms with Gasteiger partial charge in [-0.15, -0.1) is 0 Å². The number of carboxylic acids is 1. The Bertz CT molecular complexity index is 504. The van der Waals surface area contributed by atoms with Crippen molar-refractivity contribution in [2.24, 2.45) is 11.1 Å². The van der Waals surface area contributed by atoms with Gasteiger partial charge in [0.15, 0.2) is 0 Å². The van der Waals surface area contributed by atoms with Gasteiger partial charge in [0.1, 0.15) is 6.10 Å². The molecule has 3 rings (SSSR count). The van der Waals surface area contributed by atoms with E-state index in [1.807, 2.05) is 0 Å². The minimum absolute atomic E-state index is 0.0295. The summed E-state index contributed by atoms with van der Waals surface area (Å²) in [6.45, 7) is 6.71. The highest BCUT2D eigenvalue weighted by molar-refractivity contribution is 5.71. The average molecular weight is 306 g/mol. The lowest BCUT2D eigenvalue weighted by molar-refractivity contribution is -0.145. The number of carboxylic acid groups (broad SMARTS) is 1. The first-order valence-electron chi connectivity index (χ1n) is 7.72. The summed E-state index contributed by atoms with van der Waals surface area (Å²) in [6.07, 6.45) is 1.42. The molecule has 1 spiro atoms. The third-order valence-electron chi connectivity index (χ3n) is 4.75. The molecule has 22 heavy (non-hydrogen) atoms. The lowest BCUT2D eigenvalue weighted by atomic mass is 9.87. The summed E-state index contributed by atoms with van der Waals surface area (Å²) >= 11 is 0. The van der Waals surface area contributed by atoms with Crippen molar-refractivity contribution in [2.45, 2.75) is 44.9 Å². The molecule has 1 saturated carbocycles. The summed E-state index contributed by atoms with van der Waals surface area (Å²) in [5.74, 6) is -1.19. The molecule has 0 unspecified atom stereocenters. The molecule has 0 aromatic heterocycles. The number of hydrogen-bond acceptors (Lipinski definition) is 4. The van der Waals surface area contributed by atoms with E-state index in [2.05, 4.69) is 42.2 Å². The van der Waals surface area contributed by atoms with E-state index in [-0.39, 0.29) is 5.54 Å². The number of nitrogens with zero attached hydrogens (tertiary/aromatic N) is 1. The second-order valence-corrected chi connectivity index (χ2v) is 6.84. The van der Waals surface area contributed by atoms with E-state index in [1.54, 1.807) is 0 Å². The van der Waals surface area contributed by atoms with E-state index < -0.39 is 12.1 Å². The third-order valence-corrected chi connectivity index (χ3v) is 4.75. The van der Waals surface area contributed by atoms with Crippen molar-refractivity contribution >= 4 is 5.97 Å². The summed E-state index contributed by atoms with van der Waals surface area (Å²) in [7, 11) is 0. The van der Waals surface area contributed by atoms with Gasteiger partial charge < -0.3 is 15.9 Å². The van der Waals surface area contributed by atoms with Crippen molar-refractivity contribution in [2.75, 3.05) is 13.1 Å². The molecule has 2 atom stereocenters. The Hall–Kier alpha value is -1.43. The van der Waals surface area contributed by atoms with Crippen LogP contribution in [0.25, 0.3) is 0 Å². The molecule has 2 aliphatic rings. The number of hydrogen-bond donors (Lipinski definition) is 3. The number of rotatable bonds is 3. The van der Waals surface area contributed by atoms with Crippen LogP contribution in [0.15, 0.2) is 30.3 Å². The first kappa shape index (κ1) is 16.9. The van der Waals surface area contributed by atoms with Crippen molar-refractivity contribution in [1.29, 1.82) is 0 Å². The van der Waals surface area contributed by atoms with Gasteiger partial charge in [-0.05, 0) is 32.3 Å².